The zero-order chi connectivity index (χ0) is 22.8. The second-order valence-electron chi connectivity index (χ2n) is 7.41. The molecule has 7 nitrogen and oxygen atoms in total. The summed E-state index contributed by atoms with van der Waals surface area (Å²) >= 11 is 6.05. The van der Waals surface area contributed by atoms with E-state index in [-0.39, 0.29) is 13.2 Å². The lowest BCUT2D eigenvalue weighted by Gasteiger charge is -2.27. The minimum absolute atomic E-state index is 0.215. The molecule has 3 aromatic rings. The SMILES string of the molecule is O=C(O)CS(=O)(=O)CC1(c2cccc(/C=C/c3ccc4ccc(Cl)cc4n3)c2)OCCO1. The van der Waals surface area contributed by atoms with Gasteiger partial charge in [0.2, 0.25) is 5.79 Å². The zero-order valence-corrected chi connectivity index (χ0v) is 18.5. The summed E-state index contributed by atoms with van der Waals surface area (Å²) in [6.07, 6.45) is 3.68. The summed E-state index contributed by atoms with van der Waals surface area (Å²) in [5.41, 5.74) is 2.80. The molecular formula is C23H20ClNO6S. The number of benzene rings is 2. The number of hydrogen-bond acceptors (Lipinski definition) is 6. The Balaban J connectivity index is 1.61. The predicted octanol–water partition coefficient (Wildman–Crippen LogP) is 3.76. The van der Waals surface area contributed by atoms with Gasteiger partial charge < -0.3 is 14.6 Å². The molecule has 0 unspecified atom stereocenters. The molecule has 0 aliphatic carbocycles. The molecule has 32 heavy (non-hydrogen) atoms. The fraction of sp³-hybridized carbons (Fsp3) is 0.217. The number of pyridine rings is 1. The van der Waals surface area contributed by atoms with Crippen molar-refractivity contribution >= 4 is 50.5 Å². The van der Waals surface area contributed by atoms with Crippen molar-refractivity contribution in [1.82, 2.24) is 4.98 Å². The molecule has 0 spiro atoms. The molecule has 0 amide bonds. The van der Waals surface area contributed by atoms with E-state index in [0.717, 1.165) is 22.2 Å². The van der Waals surface area contributed by atoms with Crippen molar-refractivity contribution in [2.24, 2.45) is 0 Å². The van der Waals surface area contributed by atoms with Crippen LogP contribution in [-0.2, 0) is 29.9 Å². The highest BCUT2D eigenvalue weighted by atomic mass is 35.5. The van der Waals surface area contributed by atoms with Crippen molar-refractivity contribution < 1.29 is 27.8 Å². The van der Waals surface area contributed by atoms with Crippen molar-refractivity contribution in [3.05, 3.63) is 76.4 Å². The van der Waals surface area contributed by atoms with Crippen molar-refractivity contribution in [3.8, 4) is 0 Å². The van der Waals surface area contributed by atoms with E-state index in [0.29, 0.717) is 10.6 Å². The van der Waals surface area contributed by atoms with Gasteiger partial charge >= 0.3 is 5.97 Å². The highest BCUT2D eigenvalue weighted by Gasteiger charge is 2.43. The number of hydrogen-bond donors (Lipinski definition) is 1. The third-order valence-corrected chi connectivity index (χ3v) is 6.70. The molecule has 166 valence electrons. The lowest BCUT2D eigenvalue weighted by Crippen LogP contribution is -2.37. The van der Waals surface area contributed by atoms with Gasteiger partial charge in [0.15, 0.2) is 9.84 Å². The summed E-state index contributed by atoms with van der Waals surface area (Å²) in [5, 5.41) is 10.5. The molecule has 0 radical (unpaired) electrons. The first-order chi connectivity index (χ1) is 15.2. The molecule has 2 heterocycles. The normalized spacial score (nSPS) is 16.0. The smallest absolute Gasteiger partial charge is 0.318 e. The van der Waals surface area contributed by atoms with Gasteiger partial charge in [-0.1, -0.05) is 48.0 Å². The van der Waals surface area contributed by atoms with Crippen LogP contribution in [0.25, 0.3) is 23.1 Å². The number of aliphatic carboxylic acids is 1. The van der Waals surface area contributed by atoms with Gasteiger partial charge in [0, 0.05) is 16.0 Å². The summed E-state index contributed by atoms with van der Waals surface area (Å²) in [6.45, 7) is 0.429. The predicted molar refractivity (Wildman–Crippen MR) is 122 cm³/mol. The van der Waals surface area contributed by atoms with E-state index in [1.54, 1.807) is 24.3 Å². The fourth-order valence-corrected chi connectivity index (χ4v) is 5.13. The van der Waals surface area contributed by atoms with E-state index in [4.69, 9.17) is 26.2 Å². The Morgan fingerprint density at radius 1 is 1.09 bits per heavy atom. The van der Waals surface area contributed by atoms with Gasteiger partial charge in [-0.2, -0.15) is 0 Å². The number of carbonyl (C=O) groups is 1. The third kappa shape index (κ3) is 5.16. The van der Waals surface area contributed by atoms with Gasteiger partial charge in [-0.05, 0) is 35.9 Å². The molecule has 1 aromatic heterocycles. The Labute approximate surface area is 190 Å². The molecule has 9 heteroatoms. The molecule has 0 saturated carbocycles. The van der Waals surface area contributed by atoms with Crippen LogP contribution in [0, 0.1) is 0 Å². The molecule has 1 saturated heterocycles. The molecule has 1 aliphatic rings. The van der Waals surface area contributed by atoms with Crippen LogP contribution in [0.4, 0.5) is 0 Å². The molecule has 1 aliphatic heterocycles. The van der Waals surface area contributed by atoms with Gasteiger partial charge in [0.1, 0.15) is 11.5 Å². The van der Waals surface area contributed by atoms with Crippen LogP contribution in [0.15, 0.2) is 54.6 Å². The van der Waals surface area contributed by atoms with Crippen LogP contribution in [0.5, 0.6) is 0 Å². The molecule has 0 bridgehead atoms. The second kappa shape index (κ2) is 8.99. The zero-order valence-electron chi connectivity index (χ0n) is 16.9. The van der Waals surface area contributed by atoms with Gasteiger partial charge in [-0.15, -0.1) is 0 Å². The van der Waals surface area contributed by atoms with Crippen molar-refractivity contribution in [3.63, 3.8) is 0 Å². The van der Waals surface area contributed by atoms with E-state index in [1.807, 2.05) is 42.5 Å². The van der Waals surface area contributed by atoms with Crippen LogP contribution in [0.1, 0.15) is 16.8 Å². The van der Waals surface area contributed by atoms with Gasteiger partial charge in [-0.3, -0.25) is 4.79 Å². The summed E-state index contributed by atoms with van der Waals surface area (Å²) in [6, 6.07) is 16.4. The average molecular weight is 474 g/mol. The molecule has 4 rings (SSSR count). The van der Waals surface area contributed by atoms with Crippen LogP contribution < -0.4 is 0 Å². The molecule has 1 N–H and O–H groups in total. The van der Waals surface area contributed by atoms with Crippen LogP contribution in [0.3, 0.4) is 0 Å². The number of fused-ring (bicyclic) bond motifs is 1. The number of sulfone groups is 1. The monoisotopic (exact) mass is 473 g/mol. The second-order valence-corrected chi connectivity index (χ2v) is 9.91. The van der Waals surface area contributed by atoms with E-state index in [1.165, 1.54) is 0 Å². The lowest BCUT2D eigenvalue weighted by molar-refractivity contribution is -0.146. The number of halogens is 1. The number of carboxylic acid groups (broad SMARTS) is 1. The highest BCUT2D eigenvalue weighted by Crippen LogP contribution is 2.34. The van der Waals surface area contributed by atoms with E-state index >= 15 is 0 Å². The summed E-state index contributed by atoms with van der Waals surface area (Å²) in [7, 11) is -3.95. The maximum Gasteiger partial charge on any atom is 0.318 e. The number of ether oxygens (including phenoxy) is 2. The summed E-state index contributed by atoms with van der Waals surface area (Å²) < 4.78 is 36.0. The lowest BCUT2D eigenvalue weighted by atomic mass is 10.0. The number of rotatable bonds is 7. The average Bonchev–Trinajstić information content (AvgIpc) is 3.20. The Morgan fingerprint density at radius 3 is 2.59 bits per heavy atom. The van der Waals surface area contributed by atoms with Gasteiger partial charge in [-0.25, -0.2) is 13.4 Å². The number of nitrogens with zero attached hydrogens (tertiary/aromatic N) is 1. The van der Waals surface area contributed by atoms with E-state index < -0.39 is 33.1 Å². The first-order valence-electron chi connectivity index (χ1n) is 9.80. The maximum absolute atomic E-state index is 12.3. The Bertz CT molecular complexity index is 1300. The maximum atomic E-state index is 12.3. The molecule has 2 aromatic carbocycles. The minimum Gasteiger partial charge on any atom is -0.480 e. The number of aromatic nitrogens is 1. The largest absolute Gasteiger partial charge is 0.480 e. The molecule has 0 atom stereocenters. The minimum atomic E-state index is -3.95. The topological polar surface area (TPSA) is 103 Å². The first kappa shape index (κ1) is 22.4. The summed E-state index contributed by atoms with van der Waals surface area (Å²) in [5.74, 6) is -4.51. The molecular weight excluding hydrogens is 454 g/mol. The van der Waals surface area contributed by atoms with Crippen molar-refractivity contribution in [1.29, 1.82) is 0 Å². The van der Waals surface area contributed by atoms with Crippen molar-refractivity contribution in [2.75, 3.05) is 24.7 Å². The van der Waals surface area contributed by atoms with Gasteiger partial charge in [0.25, 0.3) is 0 Å². The standard InChI is InChI=1S/C23H20ClNO6S/c24-19-7-5-17-6-9-20(25-21(17)13-19)8-4-16-2-1-3-18(12-16)23(30-10-11-31-23)15-32(28,29)14-22(26)27/h1-9,12-13H,10-11,14-15H2,(H,26,27)/b8-4+. The first-order valence-corrected chi connectivity index (χ1v) is 12.0. The van der Waals surface area contributed by atoms with Crippen LogP contribution in [-0.4, -0.2) is 49.2 Å². The third-order valence-electron chi connectivity index (χ3n) is 4.96. The van der Waals surface area contributed by atoms with Gasteiger partial charge in [0.05, 0.1) is 24.4 Å². The summed E-state index contributed by atoms with van der Waals surface area (Å²) in [4.78, 5) is 15.5. The highest BCUT2D eigenvalue weighted by molar-refractivity contribution is 7.92. The van der Waals surface area contributed by atoms with Crippen LogP contribution >= 0.6 is 11.6 Å². The quantitative estimate of drug-likeness (QED) is 0.557. The van der Waals surface area contributed by atoms with Crippen LogP contribution in [0.2, 0.25) is 5.02 Å². The van der Waals surface area contributed by atoms with Crippen molar-refractivity contribution in [2.45, 2.75) is 5.79 Å². The van der Waals surface area contributed by atoms with E-state index in [2.05, 4.69) is 4.98 Å². The molecule has 1 fully saturated rings. The fourth-order valence-electron chi connectivity index (χ4n) is 3.58. The Hall–Kier alpha value is -2.78. The number of carboxylic acids is 1. The Morgan fingerprint density at radius 2 is 1.84 bits per heavy atom. The Kier molecular flexibility index (Phi) is 6.30. The van der Waals surface area contributed by atoms with E-state index in [9.17, 15) is 13.2 Å².